The van der Waals surface area contributed by atoms with Gasteiger partial charge in [0.2, 0.25) is 0 Å². The van der Waals surface area contributed by atoms with Crippen LogP contribution in [0.15, 0.2) is 121 Å². The van der Waals surface area contributed by atoms with E-state index < -0.39 is 48.3 Å². The third-order valence-electron chi connectivity index (χ3n) is 9.18. The zero-order chi connectivity index (χ0) is 34.7. The van der Waals surface area contributed by atoms with Crippen molar-refractivity contribution in [1.29, 1.82) is 0 Å². The Bertz CT molecular complexity index is 1860. The summed E-state index contributed by atoms with van der Waals surface area (Å²) < 4.78 is 64.5. The van der Waals surface area contributed by atoms with Crippen LogP contribution in [0.2, 0.25) is 8.45 Å². The number of hydrogen-bond donors (Lipinski definition) is 2. The molecule has 0 aromatic heterocycles. The van der Waals surface area contributed by atoms with E-state index in [1.54, 1.807) is 97.1 Å². The van der Waals surface area contributed by atoms with Gasteiger partial charge < -0.3 is 0 Å². The van der Waals surface area contributed by atoms with Crippen LogP contribution in [0.5, 0.6) is 0 Å². The molecule has 6 rings (SSSR count). The Morgan fingerprint density at radius 1 is 0.551 bits per heavy atom. The minimum atomic E-state index is -5.07. The number of halogens is 4. The van der Waals surface area contributed by atoms with Gasteiger partial charge in [-0.05, 0) is 0 Å². The Morgan fingerprint density at radius 3 is 1.24 bits per heavy atom. The number of hydrogen-bond acceptors (Lipinski definition) is 4. The molecule has 9 heteroatoms. The second-order valence-corrected chi connectivity index (χ2v) is 18.7. The number of ketones is 2. The molecule has 4 aromatic carbocycles. The summed E-state index contributed by atoms with van der Waals surface area (Å²) >= 11 is -5.07. The van der Waals surface area contributed by atoms with Crippen LogP contribution in [0.3, 0.4) is 0 Å². The third kappa shape index (κ3) is 6.63. The first-order chi connectivity index (χ1) is 23.6. The van der Waals surface area contributed by atoms with Gasteiger partial charge in [0.25, 0.3) is 0 Å². The Kier molecular flexibility index (Phi) is 10.00. The Morgan fingerprint density at radius 2 is 0.898 bits per heavy atom. The second kappa shape index (κ2) is 14.4. The first-order valence-electron chi connectivity index (χ1n) is 16.0. The molecule has 2 N–H and O–H groups in total. The van der Waals surface area contributed by atoms with Gasteiger partial charge in [0.1, 0.15) is 0 Å². The molecule has 0 bridgehead atoms. The first kappa shape index (κ1) is 34.1. The van der Waals surface area contributed by atoms with Gasteiger partial charge in [0, 0.05) is 0 Å². The summed E-state index contributed by atoms with van der Waals surface area (Å²) in [5.41, 5.74) is 2.49. The Balaban J connectivity index is 1.46. The molecular formula is C40H34F4N2O2Ti. The van der Waals surface area contributed by atoms with Crippen molar-refractivity contribution in [3.63, 3.8) is 0 Å². The van der Waals surface area contributed by atoms with Crippen molar-refractivity contribution in [2.75, 3.05) is 23.7 Å². The van der Waals surface area contributed by atoms with Crippen LogP contribution in [0.25, 0.3) is 0 Å². The first-order valence-corrected chi connectivity index (χ1v) is 19.3. The molecule has 248 valence electrons. The Hall–Kier alpha value is -4.79. The van der Waals surface area contributed by atoms with Gasteiger partial charge in [0.05, 0.1) is 0 Å². The van der Waals surface area contributed by atoms with Crippen molar-refractivity contribution in [3.8, 4) is 0 Å². The summed E-state index contributed by atoms with van der Waals surface area (Å²) in [5, 5.41) is 5.64. The number of anilines is 2. The van der Waals surface area contributed by atoms with Crippen LogP contribution >= 0.6 is 0 Å². The number of carbonyl (C=O) groups excluding carboxylic acids is 2. The molecule has 0 saturated heterocycles. The average Bonchev–Trinajstić information content (AvgIpc) is 3.83. The van der Waals surface area contributed by atoms with Crippen molar-refractivity contribution in [1.82, 2.24) is 0 Å². The Labute approximate surface area is 286 Å². The quantitative estimate of drug-likeness (QED) is 0.0887. The molecule has 0 aliphatic heterocycles. The molecule has 0 radical (unpaired) electrons. The molecule has 0 atom stereocenters. The molecule has 2 aliphatic carbocycles. The number of allylic oxidation sites excluding steroid dienone is 8. The molecular weight excluding hydrogens is 664 g/mol. The van der Waals surface area contributed by atoms with E-state index in [2.05, 4.69) is 10.6 Å². The number of rotatable bonds is 12. The van der Waals surface area contributed by atoms with Crippen LogP contribution in [-0.4, -0.2) is 24.7 Å². The van der Waals surface area contributed by atoms with E-state index in [0.717, 1.165) is 23.3 Å². The van der Waals surface area contributed by atoms with E-state index in [1.165, 1.54) is 12.1 Å². The van der Waals surface area contributed by atoms with Gasteiger partial charge in [-0.1, -0.05) is 0 Å². The van der Waals surface area contributed by atoms with E-state index in [0.29, 0.717) is 11.1 Å². The average molecular weight is 699 g/mol. The number of aryl methyl sites for hydroxylation is 2. The van der Waals surface area contributed by atoms with Gasteiger partial charge in [0.15, 0.2) is 0 Å². The predicted molar refractivity (Wildman–Crippen MR) is 184 cm³/mol. The van der Waals surface area contributed by atoms with Gasteiger partial charge in [-0.3, -0.25) is 0 Å². The molecule has 4 aromatic rings. The summed E-state index contributed by atoms with van der Waals surface area (Å²) in [7, 11) is 0. The van der Waals surface area contributed by atoms with E-state index in [4.69, 9.17) is 0 Å². The normalized spacial score (nSPS) is 14.2. The van der Waals surface area contributed by atoms with E-state index in [-0.39, 0.29) is 43.8 Å². The maximum absolute atomic E-state index is 17.0. The number of nitrogens with one attached hydrogen (secondary N) is 2. The fraction of sp³-hybridized carbons (Fsp3) is 0.150. The third-order valence-corrected chi connectivity index (χ3v) is 17.7. The monoisotopic (exact) mass is 698 g/mol. The zero-order valence-corrected chi connectivity index (χ0v) is 28.5. The van der Waals surface area contributed by atoms with Crippen LogP contribution in [0, 0.1) is 37.1 Å². The fourth-order valence-electron chi connectivity index (χ4n) is 6.66. The van der Waals surface area contributed by atoms with Crippen LogP contribution in [0.1, 0.15) is 31.8 Å². The summed E-state index contributed by atoms with van der Waals surface area (Å²) in [6.45, 7) is 3.22. The maximum atomic E-state index is 17.0. The molecule has 2 aliphatic rings. The molecule has 0 spiro atoms. The summed E-state index contributed by atoms with van der Waals surface area (Å²) in [5.74, 6) is -4.46. The summed E-state index contributed by atoms with van der Waals surface area (Å²) in [6, 6.07) is 18.4. The molecule has 0 fully saturated rings. The second-order valence-electron chi connectivity index (χ2n) is 12.3. The predicted octanol–water partition coefficient (Wildman–Crippen LogP) is 8.38. The standard InChI is InChI=1S/2C15H12F2NO.2C5H5.Ti/c2*1-10-2-4-11(5-3-10)15(19)9-18-14-7-6-12(16)8-13(14)17;2*1-2-4-5-3-1;/h2*2-7,18H,9H2,1H3;2*1-5H;. The summed E-state index contributed by atoms with van der Waals surface area (Å²) in [4.78, 5) is 25.9. The number of Topliss-reactive ketones (excluding diaryl/α,β-unsaturated/α-hetero) is 2. The van der Waals surface area contributed by atoms with Crippen molar-refractivity contribution in [3.05, 3.63) is 167 Å². The van der Waals surface area contributed by atoms with E-state index in [1.807, 2.05) is 13.8 Å². The molecule has 0 amide bonds. The fourth-order valence-corrected chi connectivity index (χ4v) is 15.5. The minimum absolute atomic E-state index is 0.150. The van der Waals surface area contributed by atoms with Gasteiger partial charge >= 0.3 is 287 Å². The van der Waals surface area contributed by atoms with Crippen molar-refractivity contribution >= 4 is 30.7 Å². The van der Waals surface area contributed by atoms with Crippen molar-refractivity contribution < 1.29 is 43.7 Å². The van der Waals surface area contributed by atoms with Gasteiger partial charge in [-0.25, -0.2) is 0 Å². The molecule has 0 saturated carbocycles. The van der Waals surface area contributed by atoms with E-state index in [9.17, 15) is 9.59 Å². The van der Waals surface area contributed by atoms with Crippen molar-refractivity contribution in [2.24, 2.45) is 0 Å². The molecule has 4 nitrogen and oxygen atoms in total. The topological polar surface area (TPSA) is 58.2 Å². The molecule has 0 unspecified atom stereocenters. The van der Waals surface area contributed by atoms with Crippen molar-refractivity contribution in [2.45, 2.75) is 22.3 Å². The molecule has 0 heterocycles. The van der Waals surface area contributed by atoms with E-state index >= 15 is 17.6 Å². The zero-order valence-electron chi connectivity index (χ0n) is 26.9. The van der Waals surface area contributed by atoms with Gasteiger partial charge in [-0.2, -0.15) is 0 Å². The van der Waals surface area contributed by atoms with Crippen LogP contribution in [0.4, 0.5) is 28.9 Å². The SMILES string of the molecule is Cc1ccc(C(=O)CNc2ccc(F)[c]([Ti]([c]3c(F)ccc(NCC(=O)c4ccc(C)cc4)c3F)([CH]3C=CC=C3)[CH]3C=CC=C3)c2F)cc1. The van der Waals surface area contributed by atoms with Crippen LogP contribution < -0.4 is 18.4 Å². The molecule has 49 heavy (non-hydrogen) atoms. The number of benzene rings is 4. The van der Waals surface area contributed by atoms with Crippen LogP contribution in [-0.2, 0) is 16.6 Å². The number of carbonyl (C=O) groups is 2. The van der Waals surface area contributed by atoms with Gasteiger partial charge in [-0.15, -0.1) is 0 Å². The summed E-state index contributed by atoms with van der Waals surface area (Å²) in [6.07, 6.45) is 13.8.